The van der Waals surface area contributed by atoms with Crippen LogP contribution < -0.4 is 10.1 Å². The Morgan fingerprint density at radius 1 is 1.55 bits per heavy atom. The Morgan fingerprint density at radius 2 is 2.41 bits per heavy atom. The highest BCUT2D eigenvalue weighted by Crippen LogP contribution is 2.25. The van der Waals surface area contributed by atoms with Crippen molar-refractivity contribution in [1.29, 1.82) is 0 Å². The predicted octanol–water partition coefficient (Wildman–Crippen LogP) is 1.80. The van der Waals surface area contributed by atoms with E-state index in [4.69, 9.17) is 9.47 Å². The van der Waals surface area contributed by atoms with E-state index in [2.05, 4.69) is 15.3 Å². The van der Waals surface area contributed by atoms with E-state index < -0.39 is 5.60 Å². The number of benzene rings is 1. The first-order chi connectivity index (χ1) is 10.6. The second-order valence-electron chi connectivity index (χ2n) is 5.76. The third-order valence-electron chi connectivity index (χ3n) is 4.08. The van der Waals surface area contributed by atoms with Crippen molar-refractivity contribution in [3.05, 3.63) is 24.0 Å². The first-order valence-electron chi connectivity index (χ1n) is 7.56. The SMILES string of the molecule is COc1ccc2nc(CCNC(=O)[C@]3(C)CCCO3)[nH]c2c1. The van der Waals surface area contributed by atoms with Gasteiger partial charge in [-0.15, -0.1) is 0 Å². The van der Waals surface area contributed by atoms with Crippen LogP contribution in [0.25, 0.3) is 11.0 Å². The zero-order valence-corrected chi connectivity index (χ0v) is 12.9. The quantitative estimate of drug-likeness (QED) is 0.883. The molecule has 1 atom stereocenters. The number of rotatable bonds is 5. The Hall–Kier alpha value is -2.08. The molecule has 0 saturated carbocycles. The standard InChI is InChI=1S/C16H21N3O3/c1-16(7-3-9-22-16)15(20)17-8-6-14-18-12-5-4-11(21-2)10-13(12)19-14/h4-5,10H,3,6-9H2,1-2H3,(H,17,20)(H,18,19)/t16-/m0/s1. The van der Waals surface area contributed by atoms with Gasteiger partial charge in [-0.3, -0.25) is 4.79 Å². The van der Waals surface area contributed by atoms with E-state index in [1.54, 1.807) is 7.11 Å². The summed E-state index contributed by atoms with van der Waals surface area (Å²) in [4.78, 5) is 19.9. The third kappa shape index (κ3) is 2.92. The van der Waals surface area contributed by atoms with Gasteiger partial charge in [0.15, 0.2) is 0 Å². The molecule has 0 radical (unpaired) electrons. The molecule has 2 aromatic rings. The highest BCUT2D eigenvalue weighted by molar-refractivity contribution is 5.85. The molecule has 1 aliphatic heterocycles. The summed E-state index contributed by atoms with van der Waals surface area (Å²) in [7, 11) is 1.64. The molecule has 1 aromatic carbocycles. The number of methoxy groups -OCH3 is 1. The van der Waals surface area contributed by atoms with Crippen molar-refractivity contribution in [1.82, 2.24) is 15.3 Å². The molecule has 1 aromatic heterocycles. The van der Waals surface area contributed by atoms with Crippen molar-refractivity contribution in [2.45, 2.75) is 31.8 Å². The minimum Gasteiger partial charge on any atom is -0.497 e. The molecule has 1 saturated heterocycles. The zero-order valence-electron chi connectivity index (χ0n) is 12.9. The number of carbonyl (C=O) groups is 1. The molecule has 1 fully saturated rings. The van der Waals surface area contributed by atoms with Crippen molar-refractivity contribution in [2.75, 3.05) is 20.3 Å². The summed E-state index contributed by atoms with van der Waals surface area (Å²) in [5, 5.41) is 2.93. The van der Waals surface area contributed by atoms with Gasteiger partial charge in [0.1, 0.15) is 17.2 Å². The van der Waals surface area contributed by atoms with Crippen LogP contribution in [0.3, 0.4) is 0 Å². The molecule has 2 heterocycles. The number of hydrogen-bond donors (Lipinski definition) is 2. The van der Waals surface area contributed by atoms with Crippen LogP contribution >= 0.6 is 0 Å². The number of H-pyrrole nitrogens is 1. The van der Waals surface area contributed by atoms with Gasteiger partial charge in [0.05, 0.1) is 18.1 Å². The van der Waals surface area contributed by atoms with Gasteiger partial charge in [-0.1, -0.05) is 0 Å². The normalized spacial score (nSPS) is 21.2. The number of carbonyl (C=O) groups excluding carboxylic acids is 1. The summed E-state index contributed by atoms with van der Waals surface area (Å²) in [5.74, 6) is 1.60. The Labute approximate surface area is 129 Å². The van der Waals surface area contributed by atoms with Crippen molar-refractivity contribution < 1.29 is 14.3 Å². The maximum Gasteiger partial charge on any atom is 0.251 e. The highest BCUT2D eigenvalue weighted by atomic mass is 16.5. The lowest BCUT2D eigenvalue weighted by molar-refractivity contribution is -0.139. The Bertz CT molecular complexity index is 674. The molecule has 6 nitrogen and oxygen atoms in total. The van der Waals surface area contributed by atoms with Crippen molar-refractivity contribution >= 4 is 16.9 Å². The number of imidazole rings is 1. The van der Waals surface area contributed by atoms with Gasteiger partial charge < -0.3 is 19.8 Å². The fourth-order valence-corrected chi connectivity index (χ4v) is 2.73. The largest absolute Gasteiger partial charge is 0.497 e. The number of fused-ring (bicyclic) bond motifs is 1. The van der Waals surface area contributed by atoms with Gasteiger partial charge in [0.2, 0.25) is 0 Å². The average molecular weight is 303 g/mol. The van der Waals surface area contributed by atoms with Crippen molar-refractivity contribution in [3.63, 3.8) is 0 Å². The number of hydrogen-bond acceptors (Lipinski definition) is 4. The van der Waals surface area contributed by atoms with Crippen molar-refractivity contribution in [2.24, 2.45) is 0 Å². The maximum absolute atomic E-state index is 12.1. The molecule has 3 rings (SSSR count). The number of nitrogens with zero attached hydrogens (tertiary/aromatic N) is 1. The molecular weight excluding hydrogens is 282 g/mol. The van der Waals surface area contributed by atoms with Gasteiger partial charge in [-0.05, 0) is 31.9 Å². The van der Waals surface area contributed by atoms with Crippen LogP contribution in [0.2, 0.25) is 0 Å². The Morgan fingerprint density at radius 3 is 3.14 bits per heavy atom. The Balaban J connectivity index is 1.58. The molecule has 1 amide bonds. The molecule has 0 spiro atoms. The number of amides is 1. The first-order valence-corrected chi connectivity index (χ1v) is 7.56. The lowest BCUT2D eigenvalue weighted by atomic mass is 10.0. The predicted molar refractivity (Wildman–Crippen MR) is 83.0 cm³/mol. The highest BCUT2D eigenvalue weighted by Gasteiger charge is 2.37. The molecule has 2 N–H and O–H groups in total. The molecular formula is C16H21N3O3. The number of aromatic nitrogens is 2. The van der Waals surface area contributed by atoms with Crippen molar-refractivity contribution in [3.8, 4) is 5.75 Å². The van der Waals surface area contributed by atoms with Crippen LogP contribution in [0.15, 0.2) is 18.2 Å². The number of aromatic amines is 1. The van der Waals surface area contributed by atoms with E-state index in [0.29, 0.717) is 19.6 Å². The first kappa shape index (κ1) is 14.8. The maximum atomic E-state index is 12.1. The number of nitrogens with one attached hydrogen (secondary N) is 2. The second kappa shape index (κ2) is 5.96. The van der Waals surface area contributed by atoms with Crippen LogP contribution in [0.1, 0.15) is 25.6 Å². The van der Waals surface area contributed by atoms with Gasteiger partial charge in [0, 0.05) is 25.6 Å². The van der Waals surface area contributed by atoms with Crippen LogP contribution in [-0.4, -0.2) is 41.7 Å². The summed E-state index contributed by atoms with van der Waals surface area (Å²) in [6.07, 6.45) is 2.37. The Kier molecular flexibility index (Phi) is 4.02. The average Bonchev–Trinajstić information content (AvgIpc) is 3.13. The molecule has 1 aliphatic rings. The lowest BCUT2D eigenvalue weighted by Crippen LogP contribution is -2.44. The minimum atomic E-state index is -0.665. The van der Waals surface area contributed by atoms with E-state index in [-0.39, 0.29) is 5.91 Å². The van der Waals surface area contributed by atoms with Crippen LogP contribution in [-0.2, 0) is 16.0 Å². The monoisotopic (exact) mass is 303 g/mol. The summed E-state index contributed by atoms with van der Waals surface area (Å²) >= 11 is 0. The molecule has 0 unspecified atom stereocenters. The summed E-state index contributed by atoms with van der Waals surface area (Å²) < 4.78 is 10.7. The topological polar surface area (TPSA) is 76.2 Å². The van der Waals surface area contributed by atoms with E-state index in [1.807, 2.05) is 25.1 Å². The molecule has 6 heteroatoms. The van der Waals surface area contributed by atoms with Crippen LogP contribution in [0.5, 0.6) is 5.75 Å². The fraction of sp³-hybridized carbons (Fsp3) is 0.500. The third-order valence-corrected chi connectivity index (χ3v) is 4.08. The van der Waals surface area contributed by atoms with E-state index in [9.17, 15) is 4.79 Å². The van der Waals surface area contributed by atoms with Gasteiger partial charge >= 0.3 is 0 Å². The molecule has 0 bridgehead atoms. The van der Waals surface area contributed by atoms with Crippen LogP contribution in [0, 0.1) is 0 Å². The lowest BCUT2D eigenvalue weighted by Gasteiger charge is -2.21. The van der Waals surface area contributed by atoms with Crippen LogP contribution in [0.4, 0.5) is 0 Å². The minimum absolute atomic E-state index is 0.0391. The van der Waals surface area contributed by atoms with E-state index in [1.165, 1.54) is 0 Å². The summed E-state index contributed by atoms with van der Waals surface area (Å²) in [6, 6.07) is 5.71. The smallest absolute Gasteiger partial charge is 0.251 e. The number of ether oxygens (including phenoxy) is 2. The second-order valence-corrected chi connectivity index (χ2v) is 5.76. The molecule has 118 valence electrons. The van der Waals surface area contributed by atoms with Gasteiger partial charge in [0.25, 0.3) is 5.91 Å². The van der Waals surface area contributed by atoms with E-state index >= 15 is 0 Å². The van der Waals surface area contributed by atoms with E-state index in [0.717, 1.165) is 35.4 Å². The zero-order chi connectivity index (χ0) is 15.6. The van der Waals surface area contributed by atoms with Gasteiger partial charge in [-0.2, -0.15) is 0 Å². The summed E-state index contributed by atoms with van der Waals surface area (Å²) in [6.45, 7) is 3.05. The fourth-order valence-electron chi connectivity index (χ4n) is 2.73. The van der Waals surface area contributed by atoms with Gasteiger partial charge in [-0.25, -0.2) is 4.98 Å². The summed E-state index contributed by atoms with van der Waals surface area (Å²) in [5.41, 5.74) is 1.17. The molecule has 0 aliphatic carbocycles. The molecule has 22 heavy (non-hydrogen) atoms.